The highest BCUT2D eigenvalue weighted by atomic mass is 16.5. The predicted molar refractivity (Wildman–Crippen MR) is 99.5 cm³/mol. The topological polar surface area (TPSA) is 54.4 Å². The number of rotatable bonds is 3. The summed E-state index contributed by atoms with van der Waals surface area (Å²) in [4.78, 5) is 17.9. The lowest BCUT2D eigenvalue weighted by atomic mass is 10.1. The van der Waals surface area contributed by atoms with Crippen molar-refractivity contribution in [2.24, 2.45) is 0 Å². The first-order valence-electron chi connectivity index (χ1n) is 8.45. The zero-order valence-corrected chi connectivity index (χ0v) is 14.5. The molecule has 0 saturated carbocycles. The molecular weight excluding hydrogens is 314 g/mol. The highest BCUT2D eigenvalue weighted by Crippen LogP contribution is 2.28. The maximum absolute atomic E-state index is 5.28. The fourth-order valence-corrected chi connectivity index (χ4v) is 3.37. The molecule has 1 aromatic carbocycles. The third kappa shape index (κ3) is 2.95. The lowest BCUT2D eigenvalue weighted by Crippen LogP contribution is -2.47. The van der Waals surface area contributed by atoms with Crippen LogP contribution in [0, 0.1) is 6.92 Å². The zero-order chi connectivity index (χ0) is 17.2. The molecule has 0 bridgehead atoms. The second-order valence-electron chi connectivity index (χ2n) is 6.22. The lowest BCUT2D eigenvalue weighted by Gasteiger charge is -2.37. The summed E-state index contributed by atoms with van der Waals surface area (Å²) in [5.74, 6) is 1.82. The van der Waals surface area contributed by atoms with Crippen LogP contribution in [0.5, 0.6) is 5.75 Å². The molecule has 128 valence electrons. The van der Waals surface area contributed by atoms with Gasteiger partial charge < -0.3 is 14.5 Å². The quantitative estimate of drug-likeness (QED) is 0.733. The minimum atomic E-state index is 0.789. The van der Waals surface area contributed by atoms with E-state index < -0.39 is 0 Å². The van der Waals surface area contributed by atoms with Crippen LogP contribution in [0.1, 0.15) is 5.56 Å². The molecule has 2 aromatic heterocycles. The molecule has 0 atom stereocenters. The normalized spacial score (nSPS) is 14.8. The number of hydrogen-bond acceptors (Lipinski definition) is 6. The third-order valence-corrected chi connectivity index (χ3v) is 4.73. The molecule has 25 heavy (non-hydrogen) atoms. The van der Waals surface area contributed by atoms with Crippen LogP contribution < -0.4 is 14.5 Å². The average molecular weight is 335 g/mol. The summed E-state index contributed by atoms with van der Waals surface area (Å²) in [6, 6.07) is 8.24. The van der Waals surface area contributed by atoms with Gasteiger partial charge in [-0.1, -0.05) is 12.1 Å². The SMILES string of the molecule is COc1cncc(N2CCN(c3ncnc4cccc(C)c34)CC2)c1. The number of aromatic nitrogens is 3. The molecule has 1 saturated heterocycles. The highest BCUT2D eigenvalue weighted by molar-refractivity contribution is 5.92. The van der Waals surface area contributed by atoms with E-state index in [1.165, 1.54) is 5.56 Å². The van der Waals surface area contributed by atoms with Gasteiger partial charge in [0.15, 0.2) is 0 Å². The van der Waals surface area contributed by atoms with Crippen LogP contribution in [0.25, 0.3) is 10.9 Å². The van der Waals surface area contributed by atoms with Crippen LogP contribution in [0.2, 0.25) is 0 Å². The summed E-state index contributed by atoms with van der Waals surface area (Å²) in [6.45, 7) is 5.79. The van der Waals surface area contributed by atoms with Crippen molar-refractivity contribution in [3.05, 3.63) is 48.5 Å². The van der Waals surface area contributed by atoms with Crippen LogP contribution in [-0.4, -0.2) is 48.2 Å². The van der Waals surface area contributed by atoms with E-state index in [0.717, 1.165) is 54.3 Å². The molecule has 0 N–H and O–H groups in total. The Labute approximate surface area is 147 Å². The monoisotopic (exact) mass is 335 g/mol. The summed E-state index contributed by atoms with van der Waals surface area (Å²) in [6.07, 6.45) is 5.29. The van der Waals surface area contributed by atoms with Crippen LogP contribution in [-0.2, 0) is 0 Å². The summed E-state index contributed by atoms with van der Waals surface area (Å²) in [5, 5.41) is 1.15. The van der Waals surface area contributed by atoms with E-state index in [1.54, 1.807) is 19.6 Å². The van der Waals surface area contributed by atoms with Crippen molar-refractivity contribution in [3.63, 3.8) is 0 Å². The van der Waals surface area contributed by atoms with E-state index in [1.807, 2.05) is 24.4 Å². The van der Waals surface area contributed by atoms with E-state index in [4.69, 9.17) is 4.74 Å². The molecule has 6 nitrogen and oxygen atoms in total. The summed E-state index contributed by atoms with van der Waals surface area (Å²) in [7, 11) is 1.67. The van der Waals surface area contributed by atoms with Crippen molar-refractivity contribution in [3.8, 4) is 5.75 Å². The number of anilines is 2. The van der Waals surface area contributed by atoms with Crippen molar-refractivity contribution in [1.29, 1.82) is 0 Å². The molecule has 1 aliphatic rings. The fraction of sp³-hybridized carbons (Fsp3) is 0.316. The first-order valence-corrected chi connectivity index (χ1v) is 8.45. The van der Waals surface area contributed by atoms with Crippen molar-refractivity contribution >= 4 is 22.4 Å². The Balaban J connectivity index is 1.56. The summed E-state index contributed by atoms with van der Waals surface area (Å²) >= 11 is 0. The summed E-state index contributed by atoms with van der Waals surface area (Å²) < 4.78 is 5.28. The van der Waals surface area contributed by atoms with Crippen molar-refractivity contribution in [1.82, 2.24) is 15.0 Å². The van der Waals surface area contributed by atoms with Crippen LogP contribution in [0.4, 0.5) is 11.5 Å². The van der Waals surface area contributed by atoms with Gasteiger partial charge in [-0.2, -0.15) is 0 Å². The summed E-state index contributed by atoms with van der Waals surface area (Å²) in [5.41, 5.74) is 3.32. The molecule has 4 rings (SSSR count). The average Bonchev–Trinajstić information content (AvgIpc) is 2.68. The Bertz CT molecular complexity index is 885. The van der Waals surface area contributed by atoms with Gasteiger partial charge in [0.25, 0.3) is 0 Å². The number of nitrogens with zero attached hydrogens (tertiary/aromatic N) is 5. The van der Waals surface area contributed by atoms with Crippen molar-refractivity contribution in [2.75, 3.05) is 43.1 Å². The first-order chi connectivity index (χ1) is 12.3. The Hall–Kier alpha value is -2.89. The molecule has 3 aromatic rings. The van der Waals surface area contributed by atoms with Gasteiger partial charge in [0, 0.05) is 37.6 Å². The van der Waals surface area contributed by atoms with E-state index in [-0.39, 0.29) is 0 Å². The first kappa shape index (κ1) is 15.6. The van der Waals surface area contributed by atoms with Crippen molar-refractivity contribution < 1.29 is 4.74 Å². The number of fused-ring (bicyclic) bond motifs is 1. The van der Waals surface area contributed by atoms with Gasteiger partial charge in [0.05, 0.1) is 30.7 Å². The Morgan fingerprint density at radius 1 is 1.00 bits per heavy atom. The van der Waals surface area contributed by atoms with Gasteiger partial charge in [-0.15, -0.1) is 0 Å². The number of ether oxygens (including phenoxy) is 1. The van der Waals surface area contributed by atoms with Gasteiger partial charge in [-0.3, -0.25) is 4.98 Å². The van der Waals surface area contributed by atoms with E-state index in [0.29, 0.717) is 0 Å². The molecule has 3 heterocycles. The van der Waals surface area contributed by atoms with E-state index >= 15 is 0 Å². The van der Waals surface area contributed by atoms with Gasteiger partial charge in [-0.25, -0.2) is 9.97 Å². The van der Waals surface area contributed by atoms with Crippen LogP contribution in [0.3, 0.4) is 0 Å². The zero-order valence-electron chi connectivity index (χ0n) is 14.5. The van der Waals surface area contributed by atoms with Gasteiger partial charge in [-0.05, 0) is 18.6 Å². The molecule has 6 heteroatoms. The minimum absolute atomic E-state index is 0.789. The maximum Gasteiger partial charge on any atom is 0.140 e. The third-order valence-electron chi connectivity index (χ3n) is 4.73. The number of piperazine rings is 1. The standard InChI is InChI=1S/C19H21N5O/c1-14-4-3-5-17-18(14)19(22-13-21-17)24-8-6-23(7-9-24)15-10-16(25-2)12-20-11-15/h3-5,10-13H,6-9H2,1-2H3. The number of aryl methyl sites for hydroxylation is 1. The number of pyridine rings is 1. The number of hydrogen-bond donors (Lipinski definition) is 0. The molecule has 0 spiro atoms. The lowest BCUT2D eigenvalue weighted by molar-refractivity contribution is 0.413. The van der Waals surface area contributed by atoms with Crippen molar-refractivity contribution in [2.45, 2.75) is 6.92 Å². The molecule has 1 aliphatic heterocycles. The second kappa shape index (κ2) is 6.55. The number of benzene rings is 1. The molecule has 1 fully saturated rings. The molecule has 0 amide bonds. The van der Waals surface area contributed by atoms with E-state index in [2.05, 4.69) is 37.7 Å². The molecular formula is C19H21N5O. The highest BCUT2D eigenvalue weighted by Gasteiger charge is 2.21. The van der Waals surface area contributed by atoms with Gasteiger partial charge >= 0.3 is 0 Å². The number of methoxy groups -OCH3 is 1. The second-order valence-corrected chi connectivity index (χ2v) is 6.22. The maximum atomic E-state index is 5.28. The predicted octanol–water partition coefficient (Wildman–Crippen LogP) is 2.67. The minimum Gasteiger partial charge on any atom is -0.495 e. The van der Waals surface area contributed by atoms with Crippen LogP contribution >= 0.6 is 0 Å². The smallest absolute Gasteiger partial charge is 0.140 e. The van der Waals surface area contributed by atoms with Gasteiger partial charge in [0.2, 0.25) is 0 Å². The Morgan fingerprint density at radius 2 is 1.80 bits per heavy atom. The van der Waals surface area contributed by atoms with E-state index in [9.17, 15) is 0 Å². The molecule has 0 aliphatic carbocycles. The Morgan fingerprint density at radius 3 is 2.60 bits per heavy atom. The van der Waals surface area contributed by atoms with Crippen LogP contribution in [0.15, 0.2) is 43.0 Å². The molecule has 0 radical (unpaired) electrons. The van der Waals surface area contributed by atoms with Gasteiger partial charge in [0.1, 0.15) is 17.9 Å². The molecule has 0 unspecified atom stereocenters. The fourth-order valence-electron chi connectivity index (χ4n) is 3.37. The Kier molecular flexibility index (Phi) is 4.09. The largest absolute Gasteiger partial charge is 0.495 e.